The van der Waals surface area contributed by atoms with Crippen LogP contribution in [0.25, 0.3) is 0 Å². The van der Waals surface area contributed by atoms with E-state index in [9.17, 15) is 30.7 Å². The molecule has 0 saturated carbocycles. The van der Waals surface area contributed by atoms with Crippen LogP contribution in [0.5, 0.6) is 23.0 Å². The van der Waals surface area contributed by atoms with Gasteiger partial charge in [-0.1, -0.05) is 0 Å². The molecule has 3 rings (SSSR count). The minimum atomic E-state index is -5.37. The monoisotopic (exact) mass is 432 g/mol. The lowest BCUT2D eigenvalue weighted by atomic mass is 10.1. The summed E-state index contributed by atoms with van der Waals surface area (Å²) >= 11 is 0. The Labute approximate surface area is 164 Å². The van der Waals surface area contributed by atoms with Crippen molar-refractivity contribution in [3.63, 3.8) is 0 Å². The maximum atomic E-state index is 14.3. The summed E-state index contributed by atoms with van der Waals surface area (Å²) in [5.41, 5.74) is 8.41. The average molecular weight is 432 g/mol. The zero-order valence-corrected chi connectivity index (χ0v) is 14.7. The molecule has 0 bridgehead atoms. The fraction of sp³-hybridized carbons (Fsp3) is 0.0526. The molecular formula is C19H11F7N2O2. The van der Waals surface area contributed by atoms with Gasteiger partial charge in [0.05, 0.1) is 0 Å². The van der Waals surface area contributed by atoms with E-state index in [-0.39, 0.29) is 11.4 Å². The second-order valence-corrected chi connectivity index (χ2v) is 6.02. The fourth-order valence-corrected chi connectivity index (χ4v) is 2.54. The van der Waals surface area contributed by atoms with Gasteiger partial charge in [-0.05, 0) is 12.1 Å². The van der Waals surface area contributed by atoms with Crippen LogP contribution in [0, 0.1) is 23.3 Å². The third-order valence-corrected chi connectivity index (χ3v) is 3.66. The Morgan fingerprint density at radius 2 is 1.07 bits per heavy atom. The van der Waals surface area contributed by atoms with E-state index in [2.05, 4.69) is 0 Å². The number of rotatable bonds is 4. The SMILES string of the molecule is Nc1cc(F)cc(Oc2cc(Oc3cc(N)cc(F)c3)c(C(F)(F)F)c(F)c2F)c1. The van der Waals surface area contributed by atoms with Crippen molar-refractivity contribution in [2.24, 2.45) is 0 Å². The molecule has 4 nitrogen and oxygen atoms in total. The number of alkyl halides is 3. The van der Waals surface area contributed by atoms with Gasteiger partial charge in [-0.2, -0.15) is 17.6 Å². The second-order valence-electron chi connectivity index (χ2n) is 6.02. The van der Waals surface area contributed by atoms with Crippen LogP contribution in [0.4, 0.5) is 42.1 Å². The van der Waals surface area contributed by atoms with Crippen LogP contribution in [0.3, 0.4) is 0 Å². The summed E-state index contributed by atoms with van der Waals surface area (Å²) in [6.07, 6.45) is -5.37. The Balaban J connectivity index is 2.13. The quantitative estimate of drug-likeness (QED) is 0.391. The first-order valence-electron chi connectivity index (χ1n) is 8.01. The number of benzene rings is 3. The molecule has 158 valence electrons. The molecule has 0 aliphatic heterocycles. The van der Waals surface area contributed by atoms with Gasteiger partial charge in [-0.15, -0.1) is 0 Å². The summed E-state index contributed by atoms with van der Waals surface area (Å²) in [6.45, 7) is 0. The molecule has 0 aliphatic carbocycles. The molecule has 0 heterocycles. The standard InChI is InChI=1S/C19H11F7N2O2/c20-8-1-10(27)5-12(3-8)29-14-7-15(17(22)18(23)16(14)19(24,25)26)30-13-4-9(21)2-11(28)6-13/h1-7H,27-28H2. The van der Waals surface area contributed by atoms with Crippen LogP contribution in [0.15, 0.2) is 42.5 Å². The van der Waals surface area contributed by atoms with Gasteiger partial charge >= 0.3 is 6.18 Å². The highest BCUT2D eigenvalue weighted by atomic mass is 19.4. The first kappa shape index (κ1) is 21.1. The fourth-order valence-electron chi connectivity index (χ4n) is 2.54. The van der Waals surface area contributed by atoms with Gasteiger partial charge in [0, 0.05) is 41.7 Å². The number of hydrogen-bond acceptors (Lipinski definition) is 4. The van der Waals surface area contributed by atoms with Crippen LogP contribution in [-0.2, 0) is 6.18 Å². The Morgan fingerprint density at radius 1 is 0.600 bits per heavy atom. The number of hydrogen-bond donors (Lipinski definition) is 2. The molecule has 3 aromatic rings. The molecule has 0 aliphatic rings. The van der Waals surface area contributed by atoms with Gasteiger partial charge in [0.25, 0.3) is 0 Å². The van der Waals surface area contributed by atoms with Crippen molar-refractivity contribution in [1.82, 2.24) is 0 Å². The highest BCUT2D eigenvalue weighted by Gasteiger charge is 2.41. The number of halogens is 7. The Bertz CT molecular complexity index is 1080. The van der Waals surface area contributed by atoms with Crippen LogP contribution >= 0.6 is 0 Å². The van der Waals surface area contributed by atoms with Gasteiger partial charge in [-0.3, -0.25) is 0 Å². The van der Waals surface area contributed by atoms with Crippen LogP contribution in [-0.4, -0.2) is 0 Å². The van der Waals surface area contributed by atoms with E-state index in [1.807, 2.05) is 0 Å². The lowest BCUT2D eigenvalue weighted by Gasteiger charge is -2.17. The summed E-state index contributed by atoms with van der Waals surface area (Å²) in [6, 6.07) is 5.60. The van der Waals surface area contributed by atoms with E-state index in [1.54, 1.807) is 0 Å². The summed E-state index contributed by atoms with van der Waals surface area (Å²) in [4.78, 5) is 0. The van der Waals surface area contributed by atoms with E-state index in [4.69, 9.17) is 20.9 Å². The van der Waals surface area contributed by atoms with Gasteiger partial charge in [0.1, 0.15) is 34.4 Å². The first-order valence-corrected chi connectivity index (χ1v) is 8.01. The smallest absolute Gasteiger partial charge is 0.422 e. The average Bonchev–Trinajstić information content (AvgIpc) is 2.56. The van der Waals surface area contributed by atoms with E-state index in [0.717, 1.165) is 30.3 Å². The third kappa shape index (κ3) is 4.50. The first-order chi connectivity index (χ1) is 13.9. The lowest BCUT2D eigenvalue weighted by Crippen LogP contribution is -2.12. The van der Waals surface area contributed by atoms with Gasteiger partial charge in [-0.25, -0.2) is 13.2 Å². The molecule has 30 heavy (non-hydrogen) atoms. The Kier molecular flexibility index (Phi) is 5.38. The van der Waals surface area contributed by atoms with E-state index in [1.165, 1.54) is 0 Å². The number of nitrogen functional groups attached to an aromatic ring is 2. The zero-order chi connectivity index (χ0) is 22.2. The summed E-state index contributed by atoms with van der Waals surface area (Å²) in [5, 5.41) is 0. The lowest BCUT2D eigenvalue weighted by molar-refractivity contribution is -0.141. The predicted molar refractivity (Wildman–Crippen MR) is 93.1 cm³/mol. The van der Waals surface area contributed by atoms with E-state index >= 15 is 0 Å². The molecule has 0 amide bonds. The largest absolute Gasteiger partial charge is 0.456 e. The zero-order valence-electron chi connectivity index (χ0n) is 14.7. The minimum absolute atomic E-state index is 0.135. The van der Waals surface area contributed by atoms with Crippen molar-refractivity contribution in [2.75, 3.05) is 11.5 Å². The maximum absolute atomic E-state index is 14.3. The van der Waals surface area contributed by atoms with Crippen LogP contribution in [0.2, 0.25) is 0 Å². The Hall–Kier alpha value is -3.63. The topological polar surface area (TPSA) is 70.5 Å². The van der Waals surface area contributed by atoms with Gasteiger partial charge in [0.15, 0.2) is 11.6 Å². The summed E-state index contributed by atoms with van der Waals surface area (Å²) < 4.78 is 105. The molecule has 0 saturated heterocycles. The van der Waals surface area contributed by atoms with E-state index < -0.39 is 58.0 Å². The van der Waals surface area contributed by atoms with Crippen molar-refractivity contribution in [1.29, 1.82) is 0 Å². The molecule has 11 heteroatoms. The summed E-state index contributed by atoms with van der Waals surface area (Å²) in [5.74, 6) is -9.36. The number of ether oxygens (including phenoxy) is 2. The Morgan fingerprint density at radius 3 is 1.50 bits per heavy atom. The molecule has 3 aromatic carbocycles. The van der Waals surface area contributed by atoms with Crippen molar-refractivity contribution >= 4 is 11.4 Å². The van der Waals surface area contributed by atoms with Crippen LogP contribution < -0.4 is 20.9 Å². The molecule has 0 radical (unpaired) electrons. The molecule has 0 aromatic heterocycles. The van der Waals surface area contributed by atoms with Gasteiger partial charge < -0.3 is 20.9 Å². The van der Waals surface area contributed by atoms with Crippen LogP contribution in [0.1, 0.15) is 5.56 Å². The molecule has 4 N–H and O–H groups in total. The second kappa shape index (κ2) is 7.65. The normalized spacial score (nSPS) is 11.4. The molecule has 0 atom stereocenters. The molecular weight excluding hydrogens is 421 g/mol. The number of anilines is 2. The summed E-state index contributed by atoms with van der Waals surface area (Å²) in [7, 11) is 0. The molecule has 0 fully saturated rings. The van der Waals surface area contributed by atoms with E-state index in [0.29, 0.717) is 12.1 Å². The highest BCUT2D eigenvalue weighted by molar-refractivity contribution is 5.51. The number of nitrogens with two attached hydrogens (primary N) is 2. The molecule has 0 unspecified atom stereocenters. The maximum Gasteiger partial charge on any atom is 0.422 e. The van der Waals surface area contributed by atoms with Crippen molar-refractivity contribution < 1.29 is 40.2 Å². The van der Waals surface area contributed by atoms with Gasteiger partial charge in [0.2, 0.25) is 5.82 Å². The highest BCUT2D eigenvalue weighted by Crippen LogP contribution is 2.44. The third-order valence-electron chi connectivity index (χ3n) is 3.66. The van der Waals surface area contributed by atoms with Crippen molar-refractivity contribution in [2.45, 2.75) is 6.18 Å². The minimum Gasteiger partial charge on any atom is -0.456 e. The van der Waals surface area contributed by atoms with Crippen molar-refractivity contribution in [3.8, 4) is 23.0 Å². The molecule has 0 spiro atoms. The van der Waals surface area contributed by atoms with Crippen molar-refractivity contribution in [3.05, 3.63) is 71.3 Å². The predicted octanol–water partition coefficient (Wildman–Crippen LogP) is 6.01.